The van der Waals surface area contributed by atoms with Gasteiger partial charge in [-0.25, -0.2) is 9.97 Å². The van der Waals surface area contributed by atoms with Crippen molar-refractivity contribution in [2.75, 3.05) is 18.0 Å². The van der Waals surface area contributed by atoms with Crippen molar-refractivity contribution in [3.8, 4) is 0 Å². The number of aromatic amines is 1. The Labute approximate surface area is 108 Å². The summed E-state index contributed by atoms with van der Waals surface area (Å²) in [7, 11) is 0. The van der Waals surface area contributed by atoms with Crippen molar-refractivity contribution < 1.29 is 0 Å². The highest BCUT2D eigenvalue weighted by molar-refractivity contribution is 6.30. The highest BCUT2D eigenvalue weighted by Gasteiger charge is 2.22. The van der Waals surface area contributed by atoms with Gasteiger partial charge in [-0.2, -0.15) is 0 Å². The van der Waals surface area contributed by atoms with E-state index in [1.165, 1.54) is 0 Å². The Bertz CT molecular complexity index is 652. The van der Waals surface area contributed by atoms with E-state index in [1.54, 1.807) is 12.3 Å². The number of aromatic nitrogens is 3. The van der Waals surface area contributed by atoms with Crippen LogP contribution < -0.4 is 16.1 Å². The van der Waals surface area contributed by atoms with Gasteiger partial charge in [-0.05, 0) is 12.5 Å². The van der Waals surface area contributed by atoms with Gasteiger partial charge in [-0.3, -0.25) is 5.41 Å². The molecule has 2 aromatic heterocycles. The SMILES string of the molecule is N=c1[nH]c2cc(Cl)cnc2nc1N1CC[C@@H](N)C1. The van der Waals surface area contributed by atoms with Crippen LogP contribution in [0.5, 0.6) is 0 Å². The lowest BCUT2D eigenvalue weighted by Gasteiger charge is -2.16. The zero-order chi connectivity index (χ0) is 12.7. The number of halogens is 1. The van der Waals surface area contributed by atoms with Crippen LogP contribution >= 0.6 is 11.6 Å². The van der Waals surface area contributed by atoms with E-state index in [1.807, 2.05) is 4.90 Å². The molecule has 4 N–H and O–H groups in total. The van der Waals surface area contributed by atoms with Crippen LogP contribution in [0.15, 0.2) is 12.3 Å². The first kappa shape index (κ1) is 11.4. The fourth-order valence-electron chi connectivity index (χ4n) is 2.17. The molecule has 3 rings (SSSR count). The first-order valence-electron chi connectivity index (χ1n) is 5.74. The van der Waals surface area contributed by atoms with Gasteiger partial charge in [0, 0.05) is 25.3 Å². The molecule has 2 aromatic rings. The molecule has 1 aliphatic rings. The van der Waals surface area contributed by atoms with Crippen LogP contribution in [0.2, 0.25) is 5.02 Å². The van der Waals surface area contributed by atoms with Gasteiger partial charge in [0.25, 0.3) is 0 Å². The van der Waals surface area contributed by atoms with Crippen molar-refractivity contribution in [1.82, 2.24) is 15.0 Å². The van der Waals surface area contributed by atoms with Crippen LogP contribution in [0.1, 0.15) is 6.42 Å². The first-order chi connectivity index (χ1) is 8.63. The summed E-state index contributed by atoms with van der Waals surface area (Å²) >= 11 is 5.86. The van der Waals surface area contributed by atoms with Crippen LogP contribution in [0.25, 0.3) is 11.2 Å². The maximum atomic E-state index is 7.98. The van der Waals surface area contributed by atoms with E-state index >= 15 is 0 Å². The minimum atomic E-state index is 0.153. The second-order valence-electron chi connectivity index (χ2n) is 4.45. The van der Waals surface area contributed by atoms with Crippen LogP contribution in [-0.4, -0.2) is 34.1 Å². The van der Waals surface area contributed by atoms with Crippen molar-refractivity contribution in [2.45, 2.75) is 12.5 Å². The number of pyridine rings is 1. The van der Waals surface area contributed by atoms with Gasteiger partial charge in [-0.15, -0.1) is 0 Å². The van der Waals surface area contributed by atoms with Gasteiger partial charge in [0.1, 0.15) is 0 Å². The van der Waals surface area contributed by atoms with E-state index in [4.69, 9.17) is 22.7 Å². The largest absolute Gasteiger partial charge is 0.352 e. The summed E-state index contributed by atoms with van der Waals surface area (Å²) in [6.45, 7) is 1.55. The number of hydrogen-bond acceptors (Lipinski definition) is 5. The molecule has 1 fully saturated rings. The summed E-state index contributed by atoms with van der Waals surface area (Å²) in [5, 5.41) is 8.51. The summed E-state index contributed by atoms with van der Waals surface area (Å²) in [5.74, 6) is 0.602. The van der Waals surface area contributed by atoms with E-state index in [9.17, 15) is 0 Å². The molecule has 94 valence electrons. The standard InChI is InChI=1S/C11H13ClN6/c12-6-3-8-10(15-4-6)17-11(9(14)16-8)18-2-1-7(13)5-18/h3-4,7H,1-2,5,13H2,(H2,14,16)/t7-/m1/s1. The van der Waals surface area contributed by atoms with Gasteiger partial charge in [-0.1, -0.05) is 11.6 Å². The smallest absolute Gasteiger partial charge is 0.178 e. The van der Waals surface area contributed by atoms with Gasteiger partial charge < -0.3 is 15.6 Å². The Hall–Kier alpha value is -1.66. The van der Waals surface area contributed by atoms with E-state index < -0.39 is 0 Å². The van der Waals surface area contributed by atoms with Crippen LogP contribution in [-0.2, 0) is 0 Å². The number of fused-ring (bicyclic) bond motifs is 1. The Morgan fingerprint density at radius 1 is 1.56 bits per heavy atom. The number of nitrogens with two attached hydrogens (primary N) is 1. The van der Waals surface area contributed by atoms with Crippen molar-refractivity contribution in [2.24, 2.45) is 5.73 Å². The molecule has 0 spiro atoms. The molecule has 0 amide bonds. The lowest BCUT2D eigenvalue weighted by Crippen LogP contribution is -2.31. The van der Waals surface area contributed by atoms with Crippen LogP contribution in [0.4, 0.5) is 5.82 Å². The van der Waals surface area contributed by atoms with Gasteiger partial charge in [0.2, 0.25) is 0 Å². The van der Waals surface area contributed by atoms with Crippen molar-refractivity contribution >= 4 is 28.6 Å². The van der Waals surface area contributed by atoms with E-state index in [0.717, 1.165) is 19.5 Å². The number of rotatable bonds is 1. The molecule has 7 heteroatoms. The highest BCUT2D eigenvalue weighted by atomic mass is 35.5. The number of nitrogens with one attached hydrogen (secondary N) is 2. The minimum absolute atomic E-state index is 0.153. The maximum absolute atomic E-state index is 7.98. The monoisotopic (exact) mass is 264 g/mol. The van der Waals surface area contributed by atoms with Gasteiger partial charge >= 0.3 is 0 Å². The van der Waals surface area contributed by atoms with Crippen molar-refractivity contribution in [3.63, 3.8) is 0 Å². The molecule has 18 heavy (non-hydrogen) atoms. The molecule has 1 atom stereocenters. The number of hydrogen-bond donors (Lipinski definition) is 3. The Balaban J connectivity index is 2.10. The molecular formula is C11H13ClN6. The average Bonchev–Trinajstić information content (AvgIpc) is 2.74. The second kappa shape index (κ2) is 4.22. The predicted octanol–water partition coefficient (Wildman–Crippen LogP) is 0.628. The summed E-state index contributed by atoms with van der Waals surface area (Å²) in [6.07, 6.45) is 2.47. The van der Waals surface area contributed by atoms with Crippen molar-refractivity contribution in [3.05, 3.63) is 22.8 Å². The Kier molecular flexibility index (Phi) is 2.68. The second-order valence-corrected chi connectivity index (χ2v) is 4.89. The number of anilines is 1. The molecule has 0 aromatic carbocycles. The molecule has 0 saturated carbocycles. The van der Waals surface area contributed by atoms with Crippen LogP contribution in [0.3, 0.4) is 0 Å². The zero-order valence-electron chi connectivity index (χ0n) is 9.65. The summed E-state index contributed by atoms with van der Waals surface area (Å²) in [5.41, 5.74) is 7.36. The van der Waals surface area contributed by atoms with Crippen LogP contribution in [0, 0.1) is 5.41 Å². The van der Waals surface area contributed by atoms with Crippen molar-refractivity contribution in [1.29, 1.82) is 5.41 Å². The molecule has 1 aliphatic heterocycles. The third-order valence-corrected chi connectivity index (χ3v) is 3.26. The van der Waals surface area contributed by atoms with Gasteiger partial charge in [0.05, 0.1) is 10.5 Å². The topological polar surface area (TPSA) is 94.7 Å². The van der Waals surface area contributed by atoms with E-state index in [0.29, 0.717) is 22.0 Å². The summed E-state index contributed by atoms with van der Waals surface area (Å²) in [6, 6.07) is 1.87. The average molecular weight is 265 g/mol. The highest BCUT2D eigenvalue weighted by Crippen LogP contribution is 2.17. The van der Waals surface area contributed by atoms with E-state index in [-0.39, 0.29) is 11.5 Å². The summed E-state index contributed by atoms with van der Waals surface area (Å²) in [4.78, 5) is 13.6. The normalized spacial score (nSPS) is 19.7. The maximum Gasteiger partial charge on any atom is 0.178 e. The Morgan fingerprint density at radius 3 is 3.11 bits per heavy atom. The first-order valence-corrected chi connectivity index (χ1v) is 6.12. The molecule has 1 saturated heterocycles. The Morgan fingerprint density at radius 2 is 2.39 bits per heavy atom. The fraction of sp³-hybridized carbons (Fsp3) is 0.364. The predicted molar refractivity (Wildman–Crippen MR) is 69.6 cm³/mol. The minimum Gasteiger partial charge on any atom is -0.352 e. The molecule has 3 heterocycles. The quantitative estimate of drug-likeness (QED) is 0.704. The lowest BCUT2D eigenvalue weighted by molar-refractivity contribution is 0.750. The van der Waals surface area contributed by atoms with E-state index in [2.05, 4.69) is 15.0 Å². The fourth-order valence-corrected chi connectivity index (χ4v) is 2.33. The number of H-pyrrole nitrogens is 1. The third-order valence-electron chi connectivity index (χ3n) is 3.05. The molecule has 6 nitrogen and oxygen atoms in total. The van der Waals surface area contributed by atoms with Gasteiger partial charge in [0.15, 0.2) is 17.0 Å². The molecule has 0 bridgehead atoms. The molecule has 0 aliphatic carbocycles. The molecule has 0 unspecified atom stereocenters. The third kappa shape index (κ3) is 1.93. The molecular weight excluding hydrogens is 252 g/mol. The number of nitrogens with zero attached hydrogens (tertiary/aromatic N) is 3. The zero-order valence-corrected chi connectivity index (χ0v) is 10.4. The summed E-state index contributed by atoms with van der Waals surface area (Å²) < 4.78 is 0. The lowest BCUT2D eigenvalue weighted by atomic mass is 10.3. The molecule has 0 radical (unpaired) electrons.